The maximum atomic E-state index is 11.2. The Hall–Kier alpha value is -1.36. The van der Waals surface area contributed by atoms with Crippen LogP contribution in [0.25, 0.3) is 0 Å². The van der Waals surface area contributed by atoms with E-state index >= 15 is 0 Å². The predicted octanol–water partition coefficient (Wildman–Crippen LogP) is 1.08. The molecule has 1 heterocycles. The first-order chi connectivity index (χ1) is 8.22. The van der Waals surface area contributed by atoms with Crippen LogP contribution in [0.3, 0.4) is 0 Å². The van der Waals surface area contributed by atoms with Gasteiger partial charge in [-0.25, -0.2) is 9.59 Å². The van der Waals surface area contributed by atoms with E-state index in [1.54, 1.807) is 0 Å². The van der Waals surface area contributed by atoms with Crippen molar-refractivity contribution < 1.29 is 23.8 Å². The van der Waals surface area contributed by atoms with Gasteiger partial charge in [0.1, 0.15) is 0 Å². The molecule has 5 heteroatoms. The average molecular weight is 242 g/mol. The van der Waals surface area contributed by atoms with Crippen molar-refractivity contribution in [3.05, 3.63) is 12.2 Å². The summed E-state index contributed by atoms with van der Waals surface area (Å²) in [5.74, 6) is -0.505. The van der Waals surface area contributed by atoms with Gasteiger partial charge in [-0.05, 0) is 25.2 Å². The Bertz CT molecular complexity index is 279. The molecule has 0 radical (unpaired) electrons. The normalized spacial score (nSPS) is 17.0. The smallest absolute Gasteiger partial charge is 0.331 e. The van der Waals surface area contributed by atoms with Gasteiger partial charge in [0.15, 0.2) is 0 Å². The van der Waals surface area contributed by atoms with Gasteiger partial charge in [0.25, 0.3) is 0 Å². The van der Waals surface area contributed by atoms with Gasteiger partial charge in [0, 0.05) is 25.4 Å². The van der Waals surface area contributed by atoms with Crippen molar-refractivity contribution >= 4 is 11.9 Å². The van der Waals surface area contributed by atoms with E-state index in [1.807, 2.05) is 0 Å². The molecule has 0 unspecified atom stereocenters. The van der Waals surface area contributed by atoms with Crippen LogP contribution in [-0.4, -0.2) is 38.9 Å². The molecule has 1 fully saturated rings. The quantitative estimate of drug-likeness (QED) is 0.533. The second-order valence-corrected chi connectivity index (χ2v) is 3.87. The molecule has 17 heavy (non-hydrogen) atoms. The number of esters is 2. The number of hydrogen-bond donors (Lipinski definition) is 0. The molecule has 5 nitrogen and oxygen atoms in total. The minimum atomic E-state index is -0.564. The Labute approximate surface area is 101 Å². The molecular weight excluding hydrogens is 224 g/mol. The molecule has 1 rings (SSSR count). The van der Waals surface area contributed by atoms with Gasteiger partial charge in [-0.2, -0.15) is 0 Å². The molecule has 0 bridgehead atoms. The molecule has 0 aromatic rings. The fourth-order valence-electron chi connectivity index (χ4n) is 1.61. The largest absolute Gasteiger partial charge is 0.466 e. The van der Waals surface area contributed by atoms with Crippen molar-refractivity contribution in [2.75, 3.05) is 26.9 Å². The van der Waals surface area contributed by atoms with Crippen LogP contribution in [0, 0.1) is 5.92 Å². The summed E-state index contributed by atoms with van der Waals surface area (Å²) < 4.78 is 14.6. The van der Waals surface area contributed by atoms with Gasteiger partial charge < -0.3 is 14.2 Å². The van der Waals surface area contributed by atoms with Gasteiger partial charge in [0.2, 0.25) is 0 Å². The Morgan fingerprint density at radius 1 is 1.24 bits per heavy atom. The Morgan fingerprint density at radius 2 is 1.88 bits per heavy atom. The zero-order valence-corrected chi connectivity index (χ0v) is 10.0. The molecule has 1 aliphatic rings. The van der Waals surface area contributed by atoms with Gasteiger partial charge in [-0.15, -0.1) is 0 Å². The topological polar surface area (TPSA) is 61.8 Å². The number of rotatable bonds is 5. The summed E-state index contributed by atoms with van der Waals surface area (Å²) >= 11 is 0. The zero-order valence-electron chi connectivity index (χ0n) is 10.0. The predicted molar refractivity (Wildman–Crippen MR) is 60.3 cm³/mol. The van der Waals surface area contributed by atoms with Crippen molar-refractivity contribution in [2.45, 2.75) is 19.3 Å². The summed E-state index contributed by atoms with van der Waals surface area (Å²) in [6, 6.07) is 0. The van der Waals surface area contributed by atoms with Crippen molar-refractivity contribution in [1.82, 2.24) is 0 Å². The minimum absolute atomic E-state index is 0.384. The maximum Gasteiger partial charge on any atom is 0.331 e. The molecule has 1 aliphatic heterocycles. The van der Waals surface area contributed by atoms with E-state index in [2.05, 4.69) is 4.74 Å². The second kappa shape index (κ2) is 7.84. The Morgan fingerprint density at radius 3 is 2.53 bits per heavy atom. The van der Waals surface area contributed by atoms with Crippen LogP contribution in [0.4, 0.5) is 0 Å². The van der Waals surface area contributed by atoms with E-state index in [-0.39, 0.29) is 0 Å². The third kappa shape index (κ3) is 6.06. The highest BCUT2D eigenvalue weighted by Gasteiger charge is 2.13. The van der Waals surface area contributed by atoms with Gasteiger partial charge in [-0.3, -0.25) is 0 Å². The Balaban J connectivity index is 2.11. The number of methoxy groups -OCH3 is 1. The molecule has 0 aromatic heterocycles. The van der Waals surface area contributed by atoms with Crippen LogP contribution in [-0.2, 0) is 23.8 Å². The summed E-state index contributed by atoms with van der Waals surface area (Å²) in [7, 11) is 1.25. The van der Waals surface area contributed by atoms with E-state index < -0.39 is 11.9 Å². The van der Waals surface area contributed by atoms with Crippen LogP contribution in [0.1, 0.15) is 19.3 Å². The molecule has 0 atom stereocenters. The van der Waals surface area contributed by atoms with Crippen molar-refractivity contribution in [3.63, 3.8) is 0 Å². The highest BCUT2D eigenvalue weighted by molar-refractivity contribution is 5.91. The van der Waals surface area contributed by atoms with E-state index in [4.69, 9.17) is 9.47 Å². The SMILES string of the molecule is COC(=O)/C=C/C(=O)OCCC1CCOCC1. The molecule has 1 saturated heterocycles. The lowest BCUT2D eigenvalue weighted by Crippen LogP contribution is -2.17. The molecule has 96 valence electrons. The molecule has 0 saturated carbocycles. The lowest BCUT2D eigenvalue weighted by atomic mass is 9.97. The lowest BCUT2D eigenvalue weighted by molar-refractivity contribution is -0.139. The number of carbonyl (C=O) groups excluding carboxylic acids is 2. The van der Waals surface area contributed by atoms with Gasteiger partial charge in [-0.1, -0.05) is 0 Å². The van der Waals surface area contributed by atoms with Crippen LogP contribution in [0.15, 0.2) is 12.2 Å². The minimum Gasteiger partial charge on any atom is -0.466 e. The number of hydrogen-bond acceptors (Lipinski definition) is 5. The van der Waals surface area contributed by atoms with Gasteiger partial charge >= 0.3 is 11.9 Å². The lowest BCUT2D eigenvalue weighted by Gasteiger charge is -2.21. The first kappa shape index (κ1) is 13.7. The highest BCUT2D eigenvalue weighted by atomic mass is 16.5. The first-order valence-electron chi connectivity index (χ1n) is 5.73. The molecule has 0 aliphatic carbocycles. The zero-order chi connectivity index (χ0) is 12.5. The van der Waals surface area contributed by atoms with Crippen molar-refractivity contribution in [1.29, 1.82) is 0 Å². The fraction of sp³-hybridized carbons (Fsp3) is 0.667. The van der Waals surface area contributed by atoms with E-state index in [0.717, 1.165) is 44.6 Å². The number of carbonyl (C=O) groups is 2. The maximum absolute atomic E-state index is 11.2. The van der Waals surface area contributed by atoms with Crippen LogP contribution in [0.2, 0.25) is 0 Å². The first-order valence-corrected chi connectivity index (χ1v) is 5.73. The summed E-state index contributed by atoms with van der Waals surface area (Å²) in [6.45, 7) is 1.97. The van der Waals surface area contributed by atoms with E-state index in [1.165, 1.54) is 7.11 Å². The summed E-state index contributed by atoms with van der Waals surface area (Å²) in [4.78, 5) is 21.9. The fourth-order valence-corrected chi connectivity index (χ4v) is 1.61. The monoisotopic (exact) mass is 242 g/mol. The van der Waals surface area contributed by atoms with Crippen molar-refractivity contribution in [2.24, 2.45) is 5.92 Å². The standard InChI is InChI=1S/C12H18O5/c1-15-11(13)2-3-12(14)17-9-6-10-4-7-16-8-5-10/h2-3,10H,4-9H2,1H3/b3-2+. The van der Waals surface area contributed by atoms with E-state index in [9.17, 15) is 9.59 Å². The second-order valence-electron chi connectivity index (χ2n) is 3.87. The summed E-state index contributed by atoms with van der Waals surface area (Å²) in [6.07, 6.45) is 5.03. The highest BCUT2D eigenvalue weighted by Crippen LogP contribution is 2.18. The molecule has 0 amide bonds. The third-order valence-corrected chi connectivity index (χ3v) is 2.67. The summed E-state index contributed by atoms with van der Waals surface area (Å²) in [5, 5.41) is 0. The molecule has 0 N–H and O–H groups in total. The van der Waals surface area contributed by atoms with Crippen molar-refractivity contribution in [3.8, 4) is 0 Å². The summed E-state index contributed by atoms with van der Waals surface area (Å²) in [5.41, 5.74) is 0. The molecule has 0 aromatic carbocycles. The van der Waals surface area contributed by atoms with Gasteiger partial charge in [0.05, 0.1) is 13.7 Å². The molecule has 0 spiro atoms. The number of ether oxygens (including phenoxy) is 3. The van der Waals surface area contributed by atoms with E-state index in [0.29, 0.717) is 12.5 Å². The van der Waals surface area contributed by atoms with Crippen LogP contribution in [0.5, 0.6) is 0 Å². The Kier molecular flexibility index (Phi) is 6.32. The molecular formula is C12H18O5. The van der Waals surface area contributed by atoms with Crippen LogP contribution >= 0.6 is 0 Å². The average Bonchev–Trinajstić information content (AvgIpc) is 2.37. The van der Waals surface area contributed by atoms with Crippen LogP contribution < -0.4 is 0 Å². The third-order valence-electron chi connectivity index (χ3n) is 2.67.